The van der Waals surface area contributed by atoms with E-state index in [1.807, 2.05) is 0 Å². The highest BCUT2D eigenvalue weighted by Gasteiger charge is 2.28. The molecule has 1 aliphatic rings. The van der Waals surface area contributed by atoms with Crippen molar-refractivity contribution in [2.24, 2.45) is 0 Å². The molecule has 0 saturated carbocycles. The molecular weight excluding hydrogens is 335 g/mol. The molecule has 2 heterocycles. The summed E-state index contributed by atoms with van der Waals surface area (Å²) < 4.78 is 47.4. The van der Waals surface area contributed by atoms with Crippen molar-refractivity contribution in [2.75, 3.05) is 7.11 Å². The lowest BCUT2D eigenvalue weighted by Gasteiger charge is -2.23. The van der Waals surface area contributed by atoms with E-state index in [0.29, 0.717) is 30.2 Å². The number of fused-ring (bicyclic) bond motifs is 1. The summed E-state index contributed by atoms with van der Waals surface area (Å²) in [6.07, 6.45) is 1.45. The number of methoxy groups -OCH3 is 1. The number of ether oxygens (including phenoxy) is 1. The Labute approximate surface area is 139 Å². The summed E-state index contributed by atoms with van der Waals surface area (Å²) >= 11 is 0. The molecule has 130 valence electrons. The number of aromatic nitrogens is 3. The number of halogens is 1. The normalized spacial score (nSPS) is 17.7. The molecule has 0 aliphatic carbocycles. The third-order valence-corrected chi connectivity index (χ3v) is 5.12. The molecule has 1 N–H and O–H groups in total. The van der Waals surface area contributed by atoms with Crippen molar-refractivity contribution >= 4 is 10.0 Å². The number of benzene rings is 1. The van der Waals surface area contributed by atoms with Crippen LogP contribution < -0.4 is 4.72 Å². The number of nitrogens with one attached hydrogen (secondary N) is 1. The van der Waals surface area contributed by atoms with Gasteiger partial charge in [0.25, 0.3) is 0 Å². The Hall–Kier alpha value is -1.84. The Kier molecular flexibility index (Phi) is 4.93. The van der Waals surface area contributed by atoms with E-state index in [0.717, 1.165) is 6.42 Å². The third kappa shape index (κ3) is 3.97. The molecule has 1 aromatic carbocycles. The van der Waals surface area contributed by atoms with Crippen LogP contribution in [0.4, 0.5) is 4.39 Å². The Morgan fingerprint density at radius 1 is 1.46 bits per heavy atom. The summed E-state index contributed by atoms with van der Waals surface area (Å²) in [6, 6.07) is 5.15. The number of nitrogens with zero attached hydrogens (tertiary/aromatic N) is 3. The lowest BCUT2D eigenvalue weighted by atomic mass is 10.1. The summed E-state index contributed by atoms with van der Waals surface area (Å²) in [4.78, 5) is 4.37. The highest BCUT2D eigenvalue weighted by atomic mass is 32.2. The molecule has 0 saturated heterocycles. The van der Waals surface area contributed by atoms with Crippen LogP contribution >= 0.6 is 0 Å². The zero-order chi connectivity index (χ0) is 17.2. The van der Waals surface area contributed by atoms with E-state index in [-0.39, 0.29) is 12.4 Å². The van der Waals surface area contributed by atoms with E-state index < -0.39 is 21.9 Å². The molecule has 7 nitrogen and oxygen atoms in total. The second-order valence-electron chi connectivity index (χ2n) is 5.74. The van der Waals surface area contributed by atoms with Crippen LogP contribution in [0.5, 0.6) is 0 Å². The average molecular weight is 354 g/mol. The van der Waals surface area contributed by atoms with Gasteiger partial charge in [0.15, 0.2) is 5.82 Å². The first-order valence-electron chi connectivity index (χ1n) is 7.64. The van der Waals surface area contributed by atoms with Gasteiger partial charge in [-0.05, 0) is 30.5 Å². The smallest absolute Gasteiger partial charge is 0.216 e. The molecule has 0 spiro atoms. The summed E-state index contributed by atoms with van der Waals surface area (Å²) in [6.45, 7) is 0.983. The van der Waals surface area contributed by atoms with E-state index in [4.69, 9.17) is 4.74 Å². The Morgan fingerprint density at radius 3 is 3.04 bits per heavy atom. The van der Waals surface area contributed by atoms with Crippen molar-refractivity contribution in [3.8, 4) is 0 Å². The van der Waals surface area contributed by atoms with Gasteiger partial charge in [0.05, 0.1) is 11.8 Å². The summed E-state index contributed by atoms with van der Waals surface area (Å²) in [5, 5.41) is 4.31. The average Bonchev–Trinajstić information content (AvgIpc) is 2.90. The first-order chi connectivity index (χ1) is 11.5. The molecule has 0 bridgehead atoms. The number of hydrogen-bond acceptors (Lipinski definition) is 5. The minimum Gasteiger partial charge on any atom is -0.377 e. The van der Waals surface area contributed by atoms with Crippen LogP contribution in [0.2, 0.25) is 0 Å². The molecule has 9 heteroatoms. The van der Waals surface area contributed by atoms with Crippen molar-refractivity contribution in [3.63, 3.8) is 0 Å². The molecule has 1 aromatic heterocycles. The van der Waals surface area contributed by atoms with Crippen molar-refractivity contribution < 1.29 is 17.5 Å². The number of sulfonamides is 1. The van der Waals surface area contributed by atoms with Crippen LogP contribution in [-0.2, 0) is 33.7 Å². The van der Waals surface area contributed by atoms with Crippen LogP contribution in [0.1, 0.15) is 36.1 Å². The van der Waals surface area contributed by atoms with Crippen LogP contribution in [0, 0.1) is 5.82 Å². The van der Waals surface area contributed by atoms with Gasteiger partial charge in [-0.25, -0.2) is 27.2 Å². The van der Waals surface area contributed by atoms with Gasteiger partial charge in [-0.3, -0.25) is 0 Å². The van der Waals surface area contributed by atoms with Crippen molar-refractivity contribution in [1.29, 1.82) is 0 Å². The molecule has 1 aliphatic heterocycles. The summed E-state index contributed by atoms with van der Waals surface area (Å²) in [7, 11) is -2.07. The maximum absolute atomic E-state index is 13.2. The molecule has 3 rings (SSSR count). The lowest BCUT2D eigenvalue weighted by Crippen LogP contribution is -2.34. The van der Waals surface area contributed by atoms with E-state index in [1.54, 1.807) is 17.9 Å². The maximum atomic E-state index is 13.2. The largest absolute Gasteiger partial charge is 0.377 e. The zero-order valence-corrected chi connectivity index (χ0v) is 14.1. The lowest BCUT2D eigenvalue weighted by molar-refractivity contribution is 0.177. The number of aryl methyl sites for hydroxylation is 1. The first-order valence-corrected chi connectivity index (χ1v) is 9.29. The van der Waals surface area contributed by atoms with Crippen LogP contribution in [0.3, 0.4) is 0 Å². The van der Waals surface area contributed by atoms with Crippen molar-refractivity contribution in [1.82, 2.24) is 19.5 Å². The standard InChI is InChI=1S/C15H19FN4O3S/c1-23-9-14-17-15-13(6-3-7-20(15)18-14)19-24(21,22)10-11-4-2-5-12(16)8-11/h2,4-5,8,13,19H,3,6-7,9-10H2,1H3/t13-/m0/s1. The molecule has 1 atom stereocenters. The van der Waals surface area contributed by atoms with E-state index >= 15 is 0 Å². The van der Waals surface area contributed by atoms with Crippen LogP contribution in [-0.4, -0.2) is 30.3 Å². The van der Waals surface area contributed by atoms with Gasteiger partial charge < -0.3 is 4.74 Å². The number of rotatable bonds is 6. The van der Waals surface area contributed by atoms with Gasteiger partial charge in [-0.1, -0.05) is 12.1 Å². The zero-order valence-electron chi connectivity index (χ0n) is 13.3. The minimum atomic E-state index is -3.63. The number of hydrogen-bond donors (Lipinski definition) is 1. The summed E-state index contributed by atoms with van der Waals surface area (Å²) in [5.41, 5.74) is 0.403. The molecule has 0 fully saturated rings. The highest BCUT2D eigenvalue weighted by Crippen LogP contribution is 2.24. The van der Waals surface area contributed by atoms with E-state index in [9.17, 15) is 12.8 Å². The topological polar surface area (TPSA) is 86.1 Å². The SMILES string of the molecule is COCc1nc2n(n1)CCC[C@@H]2NS(=O)(=O)Cc1cccc(F)c1. The molecule has 2 aromatic rings. The molecule has 0 unspecified atom stereocenters. The highest BCUT2D eigenvalue weighted by molar-refractivity contribution is 7.88. The van der Waals surface area contributed by atoms with Gasteiger partial charge >= 0.3 is 0 Å². The Bertz CT molecular complexity index is 822. The Morgan fingerprint density at radius 2 is 2.29 bits per heavy atom. The summed E-state index contributed by atoms with van der Waals surface area (Å²) in [5.74, 6) is 0.393. The predicted octanol–water partition coefficient (Wildman–Crippen LogP) is 1.52. The fourth-order valence-electron chi connectivity index (χ4n) is 2.81. The molecule has 24 heavy (non-hydrogen) atoms. The van der Waals surface area contributed by atoms with Crippen LogP contribution in [0.15, 0.2) is 24.3 Å². The molecular formula is C15H19FN4O3S. The van der Waals surface area contributed by atoms with Crippen molar-refractivity contribution in [2.45, 2.75) is 37.8 Å². The van der Waals surface area contributed by atoms with Gasteiger partial charge in [0, 0.05) is 13.7 Å². The second kappa shape index (κ2) is 6.96. The van der Waals surface area contributed by atoms with Crippen LogP contribution in [0.25, 0.3) is 0 Å². The van der Waals surface area contributed by atoms with Gasteiger partial charge in [-0.15, -0.1) is 0 Å². The van der Waals surface area contributed by atoms with Gasteiger partial charge in [-0.2, -0.15) is 5.10 Å². The second-order valence-corrected chi connectivity index (χ2v) is 7.50. The quantitative estimate of drug-likeness (QED) is 0.850. The monoisotopic (exact) mass is 354 g/mol. The van der Waals surface area contributed by atoms with Gasteiger partial charge in [0.2, 0.25) is 10.0 Å². The van der Waals surface area contributed by atoms with E-state index in [1.165, 1.54) is 18.2 Å². The third-order valence-electron chi connectivity index (χ3n) is 3.76. The maximum Gasteiger partial charge on any atom is 0.216 e. The first kappa shape index (κ1) is 17.0. The fourth-order valence-corrected chi connectivity index (χ4v) is 4.16. The van der Waals surface area contributed by atoms with E-state index in [2.05, 4.69) is 14.8 Å². The predicted molar refractivity (Wildman–Crippen MR) is 84.9 cm³/mol. The minimum absolute atomic E-state index is 0.277. The molecule has 0 amide bonds. The Balaban J connectivity index is 1.76. The van der Waals surface area contributed by atoms with Gasteiger partial charge in [0.1, 0.15) is 18.2 Å². The fraction of sp³-hybridized carbons (Fsp3) is 0.467. The molecule has 0 radical (unpaired) electrons. The van der Waals surface area contributed by atoms with Crippen molar-refractivity contribution in [3.05, 3.63) is 47.3 Å².